The number of benzene rings is 2. The van der Waals surface area contributed by atoms with Crippen LogP contribution in [0.4, 0.5) is 5.69 Å². The van der Waals surface area contributed by atoms with Crippen molar-refractivity contribution in [2.45, 2.75) is 6.92 Å². The van der Waals surface area contributed by atoms with Gasteiger partial charge in [-0.3, -0.25) is 9.69 Å². The van der Waals surface area contributed by atoms with Crippen LogP contribution in [0.2, 0.25) is 0 Å². The van der Waals surface area contributed by atoms with Crippen LogP contribution in [0.3, 0.4) is 0 Å². The number of amides is 1. The van der Waals surface area contributed by atoms with Crippen molar-refractivity contribution in [3.63, 3.8) is 0 Å². The Labute approximate surface area is 180 Å². The highest BCUT2D eigenvalue weighted by molar-refractivity contribution is 8.26. The number of thiocarbonyl (C=S) groups is 1. The fourth-order valence-corrected chi connectivity index (χ4v) is 4.53. The van der Waals surface area contributed by atoms with E-state index >= 15 is 0 Å². The van der Waals surface area contributed by atoms with E-state index in [1.165, 1.54) is 11.8 Å². The Morgan fingerprint density at radius 1 is 1.10 bits per heavy atom. The zero-order valence-corrected chi connectivity index (χ0v) is 17.6. The Bertz CT molecular complexity index is 1040. The summed E-state index contributed by atoms with van der Waals surface area (Å²) in [6.45, 7) is 6.93. The molecule has 1 saturated heterocycles. The van der Waals surface area contributed by atoms with Gasteiger partial charge in [-0.1, -0.05) is 66.5 Å². The molecule has 6 heteroatoms. The minimum absolute atomic E-state index is 0.0957. The van der Waals surface area contributed by atoms with E-state index in [0.29, 0.717) is 21.7 Å². The lowest BCUT2D eigenvalue weighted by molar-refractivity contribution is -0.121. The average molecular weight is 421 g/mol. The summed E-state index contributed by atoms with van der Waals surface area (Å²) < 4.78 is 6.61. The van der Waals surface area contributed by atoms with Gasteiger partial charge in [0.15, 0.2) is 5.75 Å². The standard InChI is InChI=1S/C23H20N2O2S2/c1-3-14-25-22(26)20(29-23(25)28)12-13-21-24(4-2)18-15-17(10-11-19(18)27-21)16-8-6-5-7-9-16/h3,5-13,15H,1,4,14H2,2H3/b20-12+,21-13+. The van der Waals surface area contributed by atoms with Crippen LogP contribution in [0.25, 0.3) is 11.1 Å². The smallest absolute Gasteiger partial charge is 0.266 e. The minimum atomic E-state index is -0.0957. The normalized spacial score (nSPS) is 18.5. The molecule has 0 radical (unpaired) electrons. The van der Waals surface area contributed by atoms with E-state index in [9.17, 15) is 4.79 Å². The zero-order valence-electron chi connectivity index (χ0n) is 16.0. The van der Waals surface area contributed by atoms with E-state index in [-0.39, 0.29) is 5.91 Å². The number of hydrogen-bond acceptors (Lipinski definition) is 5. The molecule has 0 unspecified atom stereocenters. The van der Waals surface area contributed by atoms with Crippen LogP contribution in [0.5, 0.6) is 5.75 Å². The molecule has 0 bridgehead atoms. The Kier molecular flexibility index (Phi) is 5.56. The third kappa shape index (κ3) is 3.73. The highest BCUT2D eigenvalue weighted by Gasteiger charge is 2.31. The Morgan fingerprint density at radius 3 is 2.62 bits per heavy atom. The Morgan fingerprint density at radius 2 is 1.90 bits per heavy atom. The number of fused-ring (bicyclic) bond motifs is 1. The minimum Gasteiger partial charge on any atom is -0.439 e. The Hall–Kier alpha value is -2.83. The SMILES string of the molecule is C=CCN1C(=O)/C(=C\C=C2\Oc3ccc(-c4ccccc4)cc3N2CC)SC1=S. The topological polar surface area (TPSA) is 32.8 Å². The molecule has 0 saturated carbocycles. The molecule has 0 aromatic heterocycles. The quantitative estimate of drug-likeness (QED) is 0.370. The van der Waals surface area contributed by atoms with Crippen molar-refractivity contribution in [1.82, 2.24) is 4.90 Å². The van der Waals surface area contributed by atoms with Gasteiger partial charge in [-0.15, -0.1) is 6.58 Å². The summed E-state index contributed by atoms with van der Waals surface area (Å²) in [6.07, 6.45) is 5.29. The number of thioether (sulfide) groups is 1. The molecule has 2 aliphatic heterocycles. The molecule has 0 aliphatic carbocycles. The molecule has 146 valence electrons. The lowest BCUT2D eigenvalue weighted by atomic mass is 10.0. The molecule has 0 spiro atoms. The highest BCUT2D eigenvalue weighted by atomic mass is 32.2. The molecule has 2 aliphatic rings. The fraction of sp³-hybridized carbons (Fsp3) is 0.130. The fourth-order valence-electron chi connectivity index (χ4n) is 3.31. The molecule has 4 nitrogen and oxygen atoms in total. The lowest BCUT2D eigenvalue weighted by Crippen LogP contribution is -2.27. The van der Waals surface area contributed by atoms with E-state index in [4.69, 9.17) is 17.0 Å². The highest BCUT2D eigenvalue weighted by Crippen LogP contribution is 2.41. The number of ether oxygens (including phenoxy) is 1. The van der Waals surface area contributed by atoms with Crippen LogP contribution < -0.4 is 9.64 Å². The summed E-state index contributed by atoms with van der Waals surface area (Å²) in [7, 11) is 0. The van der Waals surface area contributed by atoms with E-state index in [1.54, 1.807) is 17.1 Å². The van der Waals surface area contributed by atoms with Crippen LogP contribution in [0.15, 0.2) is 84.1 Å². The van der Waals surface area contributed by atoms with Gasteiger partial charge < -0.3 is 9.64 Å². The number of carbonyl (C=O) groups excluding carboxylic acids is 1. The summed E-state index contributed by atoms with van der Waals surface area (Å²) in [5.41, 5.74) is 3.32. The van der Waals surface area contributed by atoms with E-state index < -0.39 is 0 Å². The summed E-state index contributed by atoms with van der Waals surface area (Å²) >= 11 is 6.59. The molecular formula is C23H20N2O2S2. The average Bonchev–Trinajstić information content (AvgIpc) is 3.23. The first-order chi connectivity index (χ1) is 14.1. The number of nitrogens with zero attached hydrogens (tertiary/aromatic N) is 2. The molecule has 2 aromatic rings. The summed E-state index contributed by atoms with van der Waals surface area (Å²) in [4.78, 5) is 16.7. The van der Waals surface area contributed by atoms with Crippen LogP contribution in [-0.4, -0.2) is 28.2 Å². The molecular weight excluding hydrogens is 400 g/mol. The van der Waals surface area contributed by atoms with E-state index in [2.05, 4.69) is 42.7 Å². The number of carbonyl (C=O) groups is 1. The van der Waals surface area contributed by atoms with Crippen molar-refractivity contribution < 1.29 is 9.53 Å². The predicted octanol–water partition coefficient (Wildman–Crippen LogP) is 5.34. The van der Waals surface area contributed by atoms with Crippen molar-refractivity contribution in [1.29, 1.82) is 0 Å². The maximum Gasteiger partial charge on any atom is 0.266 e. The van der Waals surface area contributed by atoms with Gasteiger partial charge in [-0.05, 0) is 36.3 Å². The Balaban J connectivity index is 1.62. The summed E-state index contributed by atoms with van der Waals surface area (Å²) in [6, 6.07) is 16.5. The van der Waals surface area contributed by atoms with E-state index in [1.807, 2.05) is 30.3 Å². The van der Waals surface area contributed by atoms with E-state index in [0.717, 1.165) is 29.1 Å². The molecule has 2 aromatic carbocycles. The third-order valence-corrected chi connectivity index (χ3v) is 6.11. The lowest BCUT2D eigenvalue weighted by Gasteiger charge is -2.15. The summed E-state index contributed by atoms with van der Waals surface area (Å²) in [5.74, 6) is 1.41. The summed E-state index contributed by atoms with van der Waals surface area (Å²) in [5, 5.41) is 0. The van der Waals surface area contributed by atoms with Gasteiger partial charge in [0, 0.05) is 19.2 Å². The van der Waals surface area contributed by atoms with Gasteiger partial charge in [0.1, 0.15) is 4.32 Å². The van der Waals surface area contributed by atoms with Crippen molar-refractivity contribution in [3.05, 3.63) is 84.1 Å². The third-order valence-electron chi connectivity index (χ3n) is 4.72. The molecule has 1 amide bonds. The number of allylic oxidation sites excluding steroid dienone is 2. The maximum absolute atomic E-state index is 12.5. The second kappa shape index (κ2) is 8.27. The van der Waals surface area contributed by atoms with Gasteiger partial charge in [0.2, 0.25) is 5.88 Å². The first-order valence-electron chi connectivity index (χ1n) is 9.33. The monoisotopic (exact) mass is 420 g/mol. The second-order valence-corrected chi connectivity index (χ2v) is 8.18. The molecule has 29 heavy (non-hydrogen) atoms. The molecule has 2 heterocycles. The molecule has 4 rings (SSSR count). The number of hydrogen-bond donors (Lipinski definition) is 0. The largest absolute Gasteiger partial charge is 0.439 e. The second-order valence-electron chi connectivity index (χ2n) is 6.50. The molecule has 0 atom stereocenters. The zero-order chi connectivity index (χ0) is 20.4. The van der Waals surface area contributed by atoms with Gasteiger partial charge >= 0.3 is 0 Å². The van der Waals surface area contributed by atoms with Crippen molar-refractivity contribution >= 4 is 39.9 Å². The van der Waals surface area contributed by atoms with Gasteiger partial charge in [-0.2, -0.15) is 0 Å². The molecule has 1 fully saturated rings. The van der Waals surface area contributed by atoms with Crippen molar-refractivity contribution in [3.8, 4) is 16.9 Å². The maximum atomic E-state index is 12.5. The van der Waals surface area contributed by atoms with Crippen LogP contribution in [0, 0.1) is 0 Å². The first kappa shape index (κ1) is 19.5. The van der Waals surface area contributed by atoms with Crippen molar-refractivity contribution in [2.75, 3.05) is 18.0 Å². The predicted molar refractivity (Wildman–Crippen MR) is 124 cm³/mol. The molecule has 0 N–H and O–H groups in total. The number of rotatable bonds is 5. The number of anilines is 1. The first-order valence-corrected chi connectivity index (χ1v) is 10.6. The van der Waals surface area contributed by atoms with Crippen LogP contribution in [0.1, 0.15) is 6.92 Å². The van der Waals surface area contributed by atoms with Crippen LogP contribution in [-0.2, 0) is 4.79 Å². The van der Waals surface area contributed by atoms with Gasteiger partial charge in [-0.25, -0.2) is 0 Å². The van der Waals surface area contributed by atoms with Gasteiger partial charge in [0.25, 0.3) is 5.91 Å². The van der Waals surface area contributed by atoms with Gasteiger partial charge in [0.05, 0.1) is 10.6 Å². The van der Waals surface area contributed by atoms with Crippen LogP contribution >= 0.6 is 24.0 Å². The van der Waals surface area contributed by atoms with Crippen molar-refractivity contribution in [2.24, 2.45) is 0 Å².